The van der Waals surface area contributed by atoms with Crippen LogP contribution >= 0.6 is 0 Å². The van der Waals surface area contributed by atoms with Crippen molar-refractivity contribution in [1.29, 1.82) is 0 Å². The van der Waals surface area contributed by atoms with Crippen molar-refractivity contribution in [2.45, 2.75) is 64.2 Å². The Balaban J connectivity index is 1.83. The molecule has 0 saturated carbocycles. The number of piperidine rings is 2. The Morgan fingerprint density at radius 1 is 0.630 bits per heavy atom. The Morgan fingerprint density at radius 2 is 0.978 bits per heavy atom. The molecule has 2 aliphatic heterocycles. The minimum Gasteiger partial charge on any atom is -0.496 e. The summed E-state index contributed by atoms with van der Waals surface area (Å²) in [6, 6.07) is 7.39. The van der Waals surface area contributed by atoms with Gasteiger partial charge >= 0.3 is 0 Å². The Labute approximate surface area is 276 Å². The molecule has 9 heteroatoms. The summed E-state index contributed by atoms with van der Waals surface area (Å²) in [5, 5.41) is 0. The molecule has 256 valence electrons. The minimum absolute atomic E-state index is 0.0960. The number of Topliss-reactive ketones (excluding diaryl/α,β-unsaturated/α-hetero) is 1. The Kier molecular flexibility index (Phi) is 13.3. The van der Waals surface area contributed by atoms with Crippen molar-refractivity contribution < 1.29 is 33.2 Å². The van der Waals surface area contributed by atoms with E-state index in [9.17, 15) is 0 Å². The molecule has 0 aromatic heterocycles. The molecular formula is C37H56N2O7. The first kappa shape index (κ1) is 35.7. The predicted octanol–water partition coefficient (Wildman–Crippen LogP) is 6.42. The van der Waals surface area contributed by atoms with Crippen molar-refractivity contribution >= 4 is 5.78 Å². The van der Waals surface area contributed by atoms with Crippen molar-refractivity contribution in [3.05, 3.63) is 35.4 Å². The fraction of sp³-hybridized carbons (Fsp3) is 0.649. The summed E-state index contributed by atoms with van der Waals surface area (Å²) in [7, 11) is 9.78. The largest absolute Gasteiger partial charge is 0.496 e. The lowest BCUT2D eigenvalue weighted by Gasteiger charge is -2.34. The van der Waals surface area contributed by atoms with Gasteiger partial charge in [0.1, 0.15) is 40.3 Å². The molecule has 2 aromatic rings. The van der Waals surface area contributed by atoms with E-state index in [1.54, 1.807) is 42.7 Å². The number of ether oxygens (including phenoxy) is 6. The molecule has 2 aliphatic rings. The number of methoxy groups -OCH3 is 6. The first-order chi connectivity index (χ1) is 22.3. The normalized spacial score (nSPS) is 20.4. The second-order valence-electron chi connectivity index (χ2n) is 13.1. The average molecular weight is 641 g/mol. The molecule has 4 unspecified atom stereocenters. The van der Waals surface area contributed by atoms with Crippen molar-refractivity contribution in [2.75, 3.05) is 81.9 Å². The summed E-state index contributed by atoms with van der Waals surface area (Å²) in [6.45, 7) is 10.4. The lowest BCUT2D eigenvalue weighted by molar-refractivity contribution is -0.122. The van der Waals surface area contributed by atoms with E-state index >= 15 is 4.79 Å². The van der Waals surface area contributed by atoms with Crippen LogP contribution < -0.4 is 28.4 Å². The van der Waals surface area contributed by atoms with Crippen LogP contribution in [0.5, 0.6) is 34.5 Å². The van der Waals surface area contributed by atoms with Crippen molar-refractivity contribution in [1.82, 2.24) is 9.80 Å². The monoisotopic (exact) mass is 640 g/mol. The van der Waals surface area contributed by atoms with Crippen LogP contribution in [0.25, 0.3) is 0 Å². The summed E-state index contributed by atoms with van der Waals surface area (Å²) in [5.74, 6) is 3.92. The maximum atomic E-state index is 15.4. The van der Waals surface area contributed by atoms with E-state index in [4.69, 9.17) is 28.4 Å². The lowest BCUT2D eigenvalue weighted by Crippen LogP contribution is -2.37. The molecule has 9 nitrogen and oxygen atoms in total. The number of carbonyl (C=O) groups excluding carboxylic acids is 1. The number of nitrogens with zero attached hydrogens (tertiary/aromatic N) is 2. The Morgan fingerprint density at radius 3 is 1.26 bits per heavy atom. The molecule has 4 rings (SSSR count). The molecule has 2 heterocycles. The quantitative estimate of drug-likeness (QED) is 0.207. The molecule has 0 bridgehead atoms. The Bertz CT molecular complexity index is 1140. The first-order valence-corrected chi connectivity index (χ1v) is 16.8. The van der Waals surface area contributed by atoms with Gasteiger partial charge < -0.3 is 38.2 Å². The third kappa shape index (κ3) is 8.59. The highest BCUT2D eigenvalue weighted by Gasteiger charge is 2.37. The van der Waals surface area contributed by atoms with Gasteiger partial charge in [-0.05, 0) is 76.5 Å². The molecule has 4 atom stereocenters. The number of carbonyl (C=O) groups is 1. The SMILES string of the molecule is COc1cc(OC)c(C(CCN2CCCC(C)C2)C(=O)C(CCN2CCCC(C)C2)c2c(OC)cc(OC)cc2OC)c(OC)c1. The highest BCUT2D eigenvalue weighted by molar-refractivity contribution is 5.94. The molecule has 2 fully saturated rings. The number of benzene rings is 2. The van der Waals surface area contributed by atoms with E-state index in [1.807, 2.05) is 24.3 Å². The van der Waals surface area contributed by atoms with Crippen molar-refractivity contribution in [2.24, 2.45) is 11.8 Å². The zero-order valence-electron chi connectivity index (χ0n) is 29.4. The lowest BCUT2D eigenvalue weighted by atomic mass is 9.78. The third-order valence-electron chi connectivity index (χ3n) is 9.84. The van der Waals surface area contributed by atoms with E-state index in [0.29, 0.717) is 59.2 Å². The van der Waals surface area contributed by atoms with E-state index in [2.05, 4.69) is 23.6 Å². The summed E-state index contributed by atoms with van der Waals surface area (Å²) in [5.41, 5.74) is 1.51. The summed E-state index contributed by atoms with van der Waals surface area (Å²) >= 11 is 0. The molecule has 2 saturated heterocycles. The summed E-state index contributed by atoms with van der Waals surface area (Å²) in [6.07, 6.45) is 6.09. The maximum absolute atomic E-state index is 15.4. The summed E-state index contributed by atoms with van der Waals surface area (Å²) < 4.78 is 34.9. The van der Waals surface area contributed by atoms with Gasteiger partial charge in [0.15, 0.2) is 0 Å². The van der Waals surface area contributed by atoms with E-state index in [1.165, 1.54) is 25.7 Å². The molecule has 2 aromatic carbocycles. The number of rotatable bonds is 16. The molecule has 0 aliphatic carbocycles. The number of ketones is 1. The van der Waals surface area contributed by atoms with Gasteiger partial charge in [-0.15, -0.1) is 0 Å². The van der Waals surface area contributed by atoms with Crippen LogP contribution in [0.1, 0.15) is 75.3 Å². The van der Waals surface area contributed by atoms with Gasteiger partial charge in [-0.1, -0.05) is 13.8 Å². The standard InChI is InChI=1S/C37H56N2O7/c1-25-11-9-15-38(23-25)17-13-29(35-31(43-5)19-27(41-3)20-32(35)44-6)37(40)30(14-18-39-16-10-12-26(2)24-39)36-33(45-7)21-28(42-4)22-34(36)46-8/h19-22,25-26,29-30H,9-18,23-24H2,1-8H3. The van der Waals surface area contributed by atoms with Gasteiger partial charge in [0.25, 0.3) is 0 Å². The Hall–Kier alpha value is -3.17. The second-order valence-corrected chi connectivity index (χ2v) is 13.1. The van der Waals surface area contributed by atoms with Gasteiger partial charge in [-0.2, -0.15) is 0 Å². The average Bonchev–Trinajstić information content (AvgIpc) is 3.08. The molecule has 0 N–H and O–H groups in total. The number of hydrogen-bond acceptors (Lipinski definition) is 9. The first-order valence-electron chi connectivity index (χ1n) is 16.8. The molecular weight excluding hydrogens is 584 g/mol. The van der Waals surface area contributed by atoms with Crippen LogP contribution in [0.3, 0.4) is 0 Å². The third-order valence-corrected chi connectivity index (χ3v) is 9.84. The van der Waals surface area contributed by atoms with Crippen LogP contribution in [0, 0.1) is 11.8 Å². The highest BCUT2D eigenvalue weighted by Crippen LogP contribution is 2.47. The maximum Gasteiger partial charge on any atom is 0.148 e. The van der Waals surface area contributed by atoms with Crippen molar-refractivity contribution in [3.63, 3.8) is 0 Å². The van der Waals surface area contributed by atoms with Crippen LogP contribution in [-0.4, -0.2) is 97.5 Å². The van der Waals surface area contributed by atoms with Crippen LogP contribution in [-0.2, 0) is 4.79 Å². The highest BCUT2D eigenvalue weighted by atomic mass is 16.5. The van der Waals surface area contributed by atoms with Gasteiger partial charge in [0, 0.05) is 48.5 Å². The zero-order chi connectivity index (χ0) is 33.2. The molecule has 0 radical (unpaired) electrons. The second kappa shape index (κ2) is 17.1. The van der Waals surface area contributed by atoms with Crippen molar-refractivity contribution in [3.8, 4) is 34.5 Å². The van der Waals surface area contributed by atoms with Crippen LogP contribution in [0.2, 0.25) is 0 Å². The van der Waals surface area contributed by atoms with E-state index in [0.717, 1.165) is 50.4 Å². The summed E-state index contributed by atoms with van der Waals surface area (Å²) in [4.78, 5) is 20.4. The topological polar surface area (TPSA) is 78.9 Å². The van der Waals surface area contributed by atoms with Gasteiger partial charge in [-0.3, -0.25) is 4.79 Å². The number of likely N-dealkylation sites (tertiary alicyclic amines) is 2. The molecule has 46 heavy (non-hydrogen) atoms. The molecule has 0 amide bonds. The fourth-order valence-corrected chi connectivity index (χ4v) is 7.46. The zero-order valence-corrected chi connectivity index (χ0v) is 29.4. The van der Waals surface area contributed by atoms with Crippen LogP contribution in [0.15, 0.2) is 24.3 Å². The van der Waals surface area contributed by atoms with E-state index in [-0.39, 0.29) is 5.78 Å². The van der Waals surface area contributed by atoms with Crippen LogP contribution in [0.4, 0.5) is 0 Å². The van der Waals surface area contributed by atoms with Gasteiger partial charge in [0.05, 0.1) is 54.5 Å². The minimum atomic E-state index is -0.505. The predicted molar refractivity (Wildman–Crippen MR) is 182 cm³/mol. The van der Waals surface area contributed by atoms with E-state index < -0.39 is 11.8 Å². The van der Waals surface area contributed by atoms with Gasteiger partial charge in [-0.25, -0.2) is 0 Å². The number of hydrogen-bond donors (Lipinski definition) is 0. The smallest absolute Gasteiger partial charge is 0.148 e. The van der Waals surface area contributed by atoms with Gasteiger partial charge in [0.2, 0.25) is 0 Å². The fourth-order valence-electron chi connectivity index (χ4n) is 7.46. The molecule has 0 spiro atoms.